The van der Waals surface area contributed by atoms with Crippen molar-refractivity contribution < 1.29 is 13.9 Å². The first-order valence-electron chi connectivity index (χ1n) is 9.23. The van der Waals surface area contributed by atoms with Crippen molar-refractivity contribution in [3.8, 4) is 11.5 Å². The van der Waals surface area contributed by atoms with Gasteiger partial charge in [-0.05, 0) is 49.8 Å². The molecule has 1 atom stereocenters. The number of hydrogen-bond acceptors (Lipinski definition) is 5. The predicted octanol–water partition coefficient (Wildman–Crippen LogP) is 1.92. The van der Waals surface area contributed by atoms with E-state index < -0.39 is 0 Å². The summed E-state index contributed by atoms with van der Waals surface area (Å²) in [5, 5.41) is 4.44. The van der Waals surface area contributed by atoms with E-state index in [-0.39, 0.29) is 17.6 Å². The second-order valence-electron chi connectivity index (χ2n) is 6.99. The van der Waals surface area contributed by atoms with E-state index >= 15 is 0 Å². The van der Waals surface area contributed by atoms with Gasteiger partial charge in [-0.1, -0.05) is 0 Å². The van der Waals surface area contributed by atoms with Gasteiger partial charge in [0.05, 0.1) is 6.26 Å². The van der Waals surface area contributed by atoms with Crippen LogP contribution in [-0.4, -0.2) is 46.4 Å². The molecule has 2 aromatic rings. The molecule has 2 aliphatic heterocycles. The second-order valence-corrected chi connectivity index (χ2v) is 6.99. The minimum atomic E-state index is -0.249. The molecule has 26 heavy (non-hydrogen) atoms. The number of carbonyl (C=O) groups is 1. The zero-order valence-corrected chi connectivity index (χ0v) is 14.7. The summed E-state index contributed by atoms with van der Waals surface area (Å²) >= 11 is 0. The molecule has 7 nitrogen and oxygen atoms in total. The number of furan rings is 1. The Labute approximate surface area is 151 Å². The van der Waals surface area contributed by atoms with Gasteiger partial charge in [-0.25, -0.2) is 4.68 Å². The molecule has 138 valence electrons. The van der Waals surface area contributed by atoms with E-state index in [1.54, 1.807) is 18.4 Å². The molecule has 1 amide bonds. The third-order valence-corrected chi connectivity index (χ3v) is 5.20. The Morgan fingerprint density at radius 1 is 1.19 bits per heavy atom. The first kappa shape index (κ1) is 17.0. The first-order valence-corrected chi connectivity index (χ1v) is 9.23. The number of rotatable bonds is 4. The van der Waals surface area contributed by atoms with Crippen LogP contribution in [0.2, 0.25) is 0 Å². The minimum absolute atomic E-state index is 0.113. The van der Waals surface area contributed by atoms with Gasteiger partial charge >= 0.3 is 0 Å². The molecule has 2 saturated heterocycles. The van der Waals surface area contributed by atoms with E-state index in [1.807, 2.05) is 11.0 Å². The van der Waals surface area contributed by atoms with Gasteiger partial charge in [-0.2, -0.15) is 5.10 Å². The molecule has 2 aromatic heterocycles. The molecular formula is C19H23N3O4. The second kappa shape index (κ2) is 7.45. The molecule has 0 aliphatic carbocycles. The molecular weight excluding hydrogens is 334 g/mol. The molecule has 0 spiro atoms. The van der Waals surface area contributed by atoms with Crippen LogP contribution in [-0.2, 0) is 16.1 Å². The Kier molecular flexibility index (Phi) is 4.88. The van der Waals surface area contributed by atoms with Gasteiger partial charge < -0.3 is 14.1 Å². The van der Waals surface area contributed by atoms with E-state index in [9.17, 15) is 9.59 Å². The zero-order valence-electron chi connectivity index (χ0n) is 14.7. The highest BCUT2D eigenvalue weighted by molar-refractivity contribution is 5.81. The maximum absolute atomic E-state index is 12.4. The van der Waals surface area contributed by atoms with Crippen LogP contribution in [0.1, 0.15) is 25.7 Å². The summed E-state index contributed by atoms with van der Waals surface area (Å²) in [4.78, 5) is 26.5. The smallest absolute Gasteiger partial charge is 0.266 e. The molecule has 7 heteroatoms. The number of amides is 1. The van der Waals surface area contributed by atoms with Crippen molar-refractivity contribution >= 4 is 5.91 Å². The lowest BCUT2D eigenvalue weighted by Gasteiger charge is -2.33. The average Bonchev–Trinajstić information content (AvgIpc) is 3.38. The predicted molar refractivity (Wildman–Crippen MR) is 94.5 cm³/mol. The number of ether oxygens (including phenoxy) is 1. The number of carbonyl (C=O) groups excluding carboxylic acids is 1. The van der Waals surface area contributed by atoms with Crippen LogP contribution < -0.4 is 5.56 Å². The normalized spacial score (nSPS) is 21.2. The standard InChI is InChI=1S/C19H23N3O4/c23-18-6-5-15(16-3-1-11-25-16)20-22(18)13-14-7-9-21(10-8-14)19(24)17-4-2-12-26-17/h1,3,5-6,11,14,17H,2,4,7-10,12-13H2. The number of hydrogen-bond donors (Lipinski definition) is 0. The summed E-state index contributed by atoms with van der Waals surface area (Å²) in [6.45, 7) is 2.69. The molecule has 0 N–H and O–H groups in total. The fraction of sp³-hybridized carbons (Fsp3) is 0.526. The van der Waals surface area contributed by atoms with Crippen molar-refractivity contribution in [3.63, 3.8) is 0 Å². The lowest BCUT2D eigenvalue weighted by Crippen LogP contribution is -2.44. The van der Waals surface area contributed by atoms with Gasteiger partial charge in [-0.3, -0.25) is 9.59 Å². The molecule has 4 rings (SSSR count). The summed E-state index contributed by atoms with van der Waals surface area (Å²) < 4.78 is 12.4. The Morgan fingerprint density at radius 3 is 2.73 bits per heavy atom. The Bertz CT molecular complexity index is 800. The van der Waals surface area contributed by atoms with E-state index in [4.69, 9.17) is 9.15 Å². The van der Waals surface area contributed by atoms with Gasteiger partial charge in [0.15, 0.2) is 5.76 Å². The first-order chi connectivity index (χ1) is 12.7. The van der Waals surface area contributed by atoms with Gasteiger partial charge in [0.1, 0.15) is 11.8 Å². The van der Waals surface area contributed by atoms with Gasteiger partial charge in [-0.15, -0.1) is 0 Å². The number of aromatic nitrogens is 2. The summed E-state index contributed by atoms with van der Waals surface area (Å²) in [5.41, 5.74) is 0.541. The Morgan fingerprint density at radius 2 is 2.04 bits per heavy atom. The fourth-order valence-electron chi connectivity index (χ4n) is 3.69. The van der Waals surface area contributed by atoms with Gasteiger partial charge in [0.2, 0.25) is 0 Å². The molecule has 0 aromatic carbocycles. The molecule has 2 aliphatic rings. The summed E-state index contributed by atoms with van der Waals surface area (Å²) in [6, 6.07) is 6.83. The van der Waals surface area contributed by atoms with Crippen LogP contribution in [0.25, 0.3) is 11.5 Å². The van der Waals surface area contributed by atoms with Crippen LogP contribution in [0.15, 0.2) is 39.7 Å². The maximum atomic E-state index is 12.4. The van der Waals surface area contributed by atoms with Crippen LogP contribution in [0, 0.1) is 5.92 Å². The van der Waals surface area contributed by atoms with E-state index in [0.717, 1.165) is 38.8 Å². The monoisotopic (exact) mass is 357 g/mol. The van der Waals surface area contributed by atoms with E-state index in [1.165, 1.54) is 10.7 Å². The average molecular weight is 357 g/mol. The lowest BCUT2D eigenvalue weighted by molar-refractivity contribution is -0.142. The highest BCUT2D eigenvalue weighted by Crippen LogP contribution is 2.22. The highest BCUT2D eigenvalue weighted by Gasteiger charge is 2.31. The van der Waals surface area contributed by atoms with E-state index in [2.05, 4.69) is 5.10 Å². The number of piperidine rings is 1. The summed E-state index contributed by atoms with van der Waals surface area (Å²) in [6.07, 6.45) is 4.88. The Balaban J connectivity index is 1.38. The van der Waals surface area contributed by atoms with Crippen LogP contribution in [0.4, 0.5) is 0 Å². The number of likely N-dealkylation sites (tertiary alicyclic amines) is 1. The SMILES string of the molecule is O=C(C1CCCO1)N1CCC(Cn2nc(-c3ccco3)ccc2=O)CC1. The van der Waals surface area contributed by atoms with Crippen molar-refractivity contribution in [3.05, 3.63) is 40.9 Å². The Hall–Kier alpha value is -2.41. The third kappa shape index (κ3) is 3.58. The largest absolute Gasteiger partial charge is 0.463 e. The quantitative estimate of drug-likeness (QED) is 0.835. The summed E-state index contributed by atoms with van der Waals surface area (Å²) in [5.74, 6) is 1.10. The van der Waals surface area contributed by atoms with Crippen molar-refractivity contribution in [1.82, 2.24) is 14.7 Å². The molecule has 4 heterocycles. The van der Waals surface area contributed by atoms with Crippen LogP contribution >= 0.6 is 0 Å². The summed E-state index contributed by atoms with van der Waals surface area (Å²) in [7, 11) is 0. The van der Waals surface area contributed by atoms with Crippen molar-refractivity contribution in [1.29, 1.82) is 0 Å². The number of nitrogens with zero attached hydrogens (tertiary/aromatic N) is 3. The van der Waals surface area contributed by atoms with Crippen LogP contribution in [0.3, 0.4) is 0 Å². The minimum Gasteiger partial charge on any atom is -0.463 e. The van der Waals surface area contributed by atoms with Gasteiger partial charge in [0.25, 0.3) is 11.5 Å². The van der Waals surface area contributed by atoms with Gasteiger partial charge in [0, 0.05) is 32.3 Å². The maximum Gasteiger partial charge on any atom is 0.266 e. The third-order valence-electron chi connectivity index (χ3n) is 5.20. The highest BCUT2D eigenvalue weighted by atomic mass is 16.5. The van der Waals surface area contributed by atoms with Crippen LogP contribution in [0.5, 0.6) is 0 Å². The van der Waals surface area contributed by atoms with E-state index in [0.29, 0.717) is 30.5 Å². The topological polar surface area (TPSA) is 77.6 Å². The molecule has 0 radical (unpaired) electrons. The van der Waals surface area contributed by atoms with Crippen molar-refractivity contribution in [2.45, 2.75) is 38.3 Å². The molecule has 0 bridgehead atoms. The molecule has 2 fully saturated rings. The fourth-order valence-corrected chi connectivity index (χ4v) is 3.69. The zero-order chi connectivity index (χ0) is 17.9. The molecule has 1 unspecified atom stereocenters. The molecule has 0 saturated carbocycles. The lowest BCUT2D eigenvalue weighted by atomic mass is 9.96. The van der Waals surface area contributed by atoms with Crippen molar-refractivity contribution in [2.24, 2.45) is 5.92 Å². The van der Waals surface area contributed by atoms with Crippen molar-refractivity contribution in [2.75, 3.05) is 19.7 Å².